The third-order valence-electron chi connectivity index (χ3n) is 5.21. The van der Waals surface area contributed by atoms with Crippen LogP contribution in [0.15, 0.2) is 64.8 Å². The van der Waals surface area contributed by atoms with E-state index in [2.05, 4.69) is 10.2 Å². The number of aryl methyl sites for hydroxylation is 2. The van der Waals surface area contributed by atoms with Crippen LogP contribution in [0.4, 0.5) is 0 Å². The lowest BCUT2D eigenvalue weighted by Gasteiger charge is -2.11. The highest BCUT2D eigenvalue weighted by atomic mass is 32.2. The number of fused-ring (bicyclic) bond motifs is 1. The number of carbonyl (C=O) groups excluding carboxylic acids is 1. The largest absolute Gasteiger partial charge is 0.497 e. The van der Waals surface area contributed by atoms with Crippen LogP contribution in [0.1, 0.15) is 28.4 Å². The number of thioether (sulfide) groups is 1. The number of nitrogens with zero attached hydrogens (tertiary/aromatic N) is 4. The minimum Gasteiger partial charge on any atom is -0.497 e. The van der Waals surface area contributed by atoms with Gasteiger partial charge >= 0.3 is 5.56 Å². The van der Waals surface area contributed by atoms with Crippen molar-refractivity contribution in [1.29, 1.82) is 0 Å². The second kappa shape index (κ2) is 8.39. The van der Waals surface area contributed by atoms with Gasteiger partial charge in [-0.25, -0.2) is 0 Å². The highest BCUT2D eigenvalue weighted by Gasteiger charge is 2.21. The first kappa shape index (κ1) is 20.9. The summed E-state index contributed by atoms with van der Waals surface area (Å²) in [4.78, 5) is 25.9. The van der Waals surface area contributed by atoms with Gasteiger partial charge < -0.3 is 4.74 Å². The first-order valence-electron chi connectivity index (χ1n) is 9.78. The van der Waals surface area contributed by atoms with Crippen molar-refractivity contribution in [3.63, 3.8) is 0 Å². The number of ketones is 1. The van der Waals surface area contributed by atoms with Gasteiger partial charge in [0.25, 0.3) is 0 Å². The summed E-state index contributed by atoms with van der Waals surface area (Å²) in [6.45, 7) is 5.84. The summed E-state index contributed by atoms with van der Waals surface area (Å²) in [7, 11) is 1.58. The molecule has 0 aliphatic heterocycles. The van der Waals surface area contributed by atoms with Gasteiger partial charge in [0.2, 0.25) is 5.65 Å². The fourth-order valence-corrected chi connectivity index (χ4v) is 4.16. The molecule has 7 nitrogen and oxygen atoms in total. The fourth-order valence-electron chi connectivity index (χ4n) is 3.25. The van der Waals surface area contributed by atoms with Crippen molar-refractivity contribution in [1.82, 2.24) is 19.2 Å². The Kier molecular flexibility index (Phi) is 5.65. The van der Waals surface area contributed by atoms with Crippen LogP contribution in [0.5, 0.6) is 5.75 Å². The molecule has 0 radical (unpaired) electrons. The number of ether oxygens (including phenoxy) is 1. The predicted octanol–water partition coefficient (Wildman–Crippen LogP) is 3.87. The Hall–Kier alpha value is -3.39. The number of rotatable bonds is 6. The van der Waals surface area contributed by atoms with Gasteiger partial charge in [-0.15, -0.1) is 10.2 Å². The lowest BCUT2D eigenvalue weighted by atomic mass is 10.0. The molecule has 4 rings (SSSR count). The van der Waals surface area contributed by atoms with Gasteiger partial charge in [-0.3, -0.25) is 18.6 Å². The molecule has 0 aliphatic rings. The third kappa shape index (κ3) is 3.98. The topological polar surface area (TPSA) is 78.5 Å². The molecular formula is C23H22N4O3S. The van der Waals surface area contributed by atoms with Crippen LogP contribution in [0.2, 0.25) is 0 Å². The van der Waals surface area contributed by atoms with E-state index in [4.69, 9.17) is 4.74 Å². The number of hydrogen-bond acceptors (Lipinski definition) is 6. The molecular weight excluding hydrogens is 412 g/mol. The minimum absolute atomic E-state index is 0.00886. The van der Waals surface area contributed by atoms with E-state index < -0.39 is 0 Å². The molecule has 2 aromatic carbocycles. The normalized spacial score (nSPS) is 12.1. The zero-order valence-corrected chi connectivity index (χ0v) is 18.5. The quantitative estimate of drug-likeness (QED) is 0.339. The zero-order chi connectivity index (χ0) is 22.1. The molecule has 0 bridgehead atoms. The number of aromatic nitrogens is 4. The number of methoxy groups -OCH3 is 1. The molecule has 31 heavy (non-hydrogen) atoms. The van der Waals surface area contributed by atoms with Crippen LogP contribution in [-0.4, -0.2) is 37.3 Å². The van der Waals surface area contributed by atoms with Gasteiger partial charge in [-0.1, -0.05) is 30.0 Å². The molecule has 2 heterocycles. The highest BCUT2D eigenvalue weighted by molar-refractivity contribution is 8.00. The van der Waals surface area contributed by atoms with E-state index in [1.165, 1.54) is 16.3 Å². The van der Waals surface area contributed by atoms with E-state index in [1.54, 1.807) is 30.0 Å². The van der Waals surface area contributed by atoms with Crippen LogP contribution < -0.4 is 10.3 Å². The molecule has 0 unspecified atom stereocenters. The maximum absolute atomic E-state index is 13.0. The summed E-state index contributed by atoms with van der Waals surface area (Å²) in [5.74, 6) is 0.662. The second-order valence-corrected chi connectivity index (χ2v) is 8.58. The van der Waals surface area contributed by atoms with E-state index in [9.17, 15) is 9.59 Å². The fraction of sp³-hybridized carbons (Fsp3) is 0.217. The van der Waals surface area contributed by atoms with Crippen molar-refractivity contribution in [2.75, 3.05) is 7.11 Å². The van der Waals surface area contributed by atoms with E-state index in [0.717, 1.165) is 11.1 Å². The molecule has 0 spiro atoms. The van der Waals surface area contributed by atoms with Crippen molar-refractivity contribution < 1.29 is 9.53 Å². The number of Topliss-reactive ketones (excluding diaryl/α,β-unsaturated/α-hetero) is 1. The van der Waals surface area contributed by atoms with Gasteiger partial charge in [0, 0.05) is 24.0 Å². The SMILES string of the molecule is COc1cccc(-n2ccn3c(S[C@H](C)C(=O)c4ccc(C)c(C)c4)nnc3c2=O)c1. The number of hydrogen-bond donors (Lipinski definition) is 0. The average molecular weight is 435 g/mol. The molecule has 0 saturated heterocycles. The first-order chi connectivity index (χ1) is 14.9. The molecule has 0 fully saturated rings. The van der Waals surface area contributed by atoms with E-state index in [-0.39, 0.29) is 22.2 Å². The van der Waals surface area contributed by atoms with Crippen molar-refractivity contribution >= 4 is 23.2 Å². The highest BCUT2D eigenvalue weighted by Crippen LogP contribution is 2.25. The van der Waals surface area contributed by atoms with Crippen LogP contribution in [0, 0.1) is 13.8 Å². The van der Waals surface area contributed by atoms with E-state index in [1.807, 2.05) is 57.2 Å². The standard InChI is InChI=1S/C23H22N4O3S/c1-14-8-9-17(12-15(14)2)20(28)16(3)31-23-25-24-21-22(29)26(10-11-27(21)23)18-6-5-7-19(13-18)30-4/h5-13,16H,1-4H3/t16-/m1/s1. The van der Waals surface area contributed by atoms with Gasteiger partial charge in [0.1, 0.15) is 5.75 Å². The summed E-state index contributed by atoms with van der Waals surface area (Å²) in [6, 6.07) is 12.9. The van der Waals surface area contributed by atoms with E-state index in [0.29, 0.717) is 22.2 Å². The summed E-state index contributed by atoms with van der Waals surface area (Å²) in [5, 5.41) is 8.35. The Morgan fingerprint density at radius 1 is 1.06 bits per heavy atom. The Morgan fingerprint density at radius 2 is 1.87 bits per heavy atom. The smallest absolute Gasteiger partial charge is 0.300 e. The predicted molar refractivity (Wildman–Crippen MR) is 121 cm³/mol. The lowest BCUT2D eigenvalue weighted by molar-refractivity contribution is 0.0993. The van der Waals surface area contributed by atoms with Crippen LogP contribution in [0.3, 0.4) is 0 Å². The molecule has 2 aromatic heterocycles. The second-order valence-electron chi connectivity index (χ2n) is 7.27. The molecule has 1 atom stereocenters. The van der Waals surface area contributed by atoms with Crippen molar-refractivity contribution in [3.8, 4) is 11.4 Å². The van der Waals surface area contributed by atoms with Gasteiger partial charge in [0.05, 0.1) is 18.0 Å². The average Bonchev–Trinajstić information content (AvgIpc) is 3.19. The van der Waals surface area contributed by atoms with Crippen LogP contribution >= 0.6 is 11.8 Å². The van der Waals surface area contributed by atoms with Gasteiger partial charge in [-0.2, -0.15) is 0 Å². The molecule has 0 saturated carbocycles. The Morgan fingerprint density at radius 3 is 2.61 bits per heavy atom. The number of carbonyl (C=O) groups is 1. The molecule has 4 aromatic rings. The first-order valence-corrected chi connectivity index (χ1v) is 10.7. The third-order valence-corrected chi connectivity index (χ3v) is 6.27. The summed E-state index contributed by atoms with van der Waals surface area (Å²) < 4.78 is 8.35. The minimum atomic E-state index is -0.379. The maximum Gasteiger partial charge on any atom is 0.300 e. The monoisotopic (exact) mass is 434 g/mol. The van der Waals surface area contributed by atoms with Crippen LogP contribution in [0.25, 0.3) is 11.3 Å². The maximum atomic E-state index is 13.0. The summed E-state index contributed by atoms with van der Waals surface area (Å²) >= 11 is 1.28. The van der Waals surface area contributed by atoms with E-state index >= 15 is 0 Å². The Balaban J connectivity index is 1.63. The van der Waals surface area contributed by atoms with Gasteiger partial charge in [0.15, 0.2) is 10.9 Å². The Labute approximate surface area is 183 Å². The summed E-state index contributed by atoms with van der Waals surface area (Å²) in [6.07, 6.45) is 3.39. The lowest BCUT2D eigenvalue weighted by Crippen LogP contribution is -2.20. The molecule has 8 heteroatoms. The summed E-state index contributed by atoms with van der Waals surface area (Å²) in [5.41, 5.74) is 3.45. The molecule has 0 amide bonds. The van der Waals surface area contributed by atoms with Gasteiger partial charge in [-0.05, 0) is 50.1 Å². The zero-order valence-electron chi connectivity index (χ0n) is 17.7. The Bertz CT molecular complexity index is 1340. The molecule has 158 valence electrons. The molecule has 0 N–H and O–H groups in total. The number of benzene rings is 2. The molecule has 0 aliphatic carbocycles. The van der Waals surface area contributed by atoms with Crippen molar-refractivity contribution in [3.05, 3.63) is 81.9 Å². The van der Waals surface area contributed by atoms with Crippen LogP contribution in [-0.2, 0) is 0 Å². The van der Waals surface area contributed by atoms with Crippen molar-refractivity contribution in [2.45, 2.75) is 31.2 Å². The van der Waals surface area contributed by atoms with Crippen molar-refractivity contribution in [2.24, 2.45) is 0 Å².